The Kier molecular flexibility index (Phi) is 3.94. The van der Waals surface area contributed by atoms with Crippen molar-refractivity contribution in [2.24, 2.45) is 0 Å². The maximum absolute atomic E-state index is 13.2. The Bertz CT molecular complexity index is 691. The first-order valence-corrected chi connectivity index (χ1v) is 5.84. The monoisotopic (exact) mass is 252 g/mol. The van der Waals surface area contributed by atoms with Crippen molar-refractivity contribution < 1.29 is 4.39 Å². The molecule has 19 heavy (non-hydrogen) atoms. The van der Waals surface area contributed by atoms with E-state index in [-0.39, 0.29) is 5.57 Å². The van der Waals surface area contributed by atoms with Crippen LogP contribution in [0.25, 0.3) is 11.0 Å². The second-order valence-electron chi connectivity index (χ2n) is 3.89. The summed E-state index contributed by atoms with van der Waals surface area (Å²) >= 11 is 0. The molecule has 1 N–H and O–H groups in total. The largest absolute Gasteiger partial charge is 0.333 e. The van der Waals surface area contributed by atoms with Gasteiger partial charge in [0.15, 0.2) is 0 Å². The third-order valence-corrected chi connectivity index (χ3v) is 2.47. The molecule has 0 saturated carbocycles. The summed E-state index contributed by atoms with van der Waals surface area (Å²) < 4.78 is 13.2. The molecule has 0 radical (unpaired) electrons. The number of nitrogens with zero attached hydrogens (tertiary/aromatic N) is 1. The lowest BCUT2D eigenvalue weighted by Gasteiger charge is -1.90. The van der Waals surface area contributed by atoms with Crippen LogP contribution in [0.4, 0.5) is 4.39 Å². The van der Waals surface area contributed by atoms with E-state index in [1.807, 2.05) is 25.1 Å². The summed E-state index contributed by atoms with van der Waals surface area (Å²) in [4.78, 5) is 7.24. The lowest BCUT2D eigenvalue weighted by atomic mass is 10.2. The minimum atomic E-state index is -0.542. The zero-order valence-electron chi connectivity index (χ0n) is 10.6. The third kappa shape index (κ3) is 3.20. The Morgan fingerprint density at radius 1 is 1.53 bits per heavy atom. The minimum absolute atomic E-state index is 0.268. The van der Waals surface area contributed by atoms with Crippen LogP contribution in [-0.2, 0) is 0 Å². The van der Waals surface area contributed by atoms with Crippen molar-refractivity contribution in [3.8, 4) is 11.8 Å². The summed E-state index contributed by atoms with van der Waals surface area (Å²) in [7, 11) is 0. The second kappa shape index (κ2) is 5.83. The molecular formula is C16H13FN2. The predicted octanol–water partition coefficient (Wildman–Crippen LogP) is 3.90. The zero-order valence-corrected chi connectivity index (χ0v) is 10.6. The maximum Gasteiger partial charge on any atom is 0.138 e. The van der Waals surface area contributed by atoms with Crippen molar-refractivity contribution in [2.75, 3.05) is 0 Å². The maximum atomic E-state index is 13.2. The van der Waals surface area contributed by atoms with E-state index < -0.39 is 5.83 Å². The molecule has 3 heteroatoms. The quantitative estimate of drug-likeness (QED) is 0.637. The van der Waals surface area contributed by atoms with E-state index in [1.165, 1.54) is 0 Å². The molecule has 2 rings (SSSR count). The van der Waals surface area contributed by atoms with E-state index >= 15 is 0 Å². The molecule has 0 aliphatic heterocycles. The number of allylic oxidation sites excluding steroid dienone is 5. The van der Waals surface area contributed by atoms with Crippen molar-refractivity contribution in [3.63, 3.8) is 0 Å². The fourth-order valence-corrected chi connectivity index (χ4v) is 1.55. The molecule has 0 fully saturated rings. The number of nitrogens with one attached hydrogen (secondary N) is 1. The summed E-state index contributed by atoms with van der Waals surface area (Å²) in [5, 5.41) is 0.977. The van der Waals surface area contributed by atoms with E-state index in [0.29, 0.717) is 5.69 Å². The fourth-order valence-electron chi connectivity index (χ4n) is 1.55. The summed E-state index contributed by atoms with van der Waals surface area (Å²) in [5.41, 5.74) is 1.73. The average Bonchev–Trinajstić information content (AvgIpc) is 2.81. The van der Waals surface area contributed by atoms with Gasteiger partial charge >= 0.3 is 0 Å². The summed E-state index contributed by atoms with van der Waals surface area (Å²) in [6, 6.07) is 5.67. The molecule has 0 aromatic carbocycles. The number of H-pyrrole nitrogens is 1. The number of hydrogen-bond acceptors (Lipinski definition) is 1. The van der Waals surface area contributed by atoms with Gasteiger partial charge in [0.2, 0.25) is 0 Å². The fraction of sp³-hybridized carbons (Fsp3) is 0.0625. The number of halogens is 1. The molecule has 0 atom stereocenters. The predicted molar refractivity (Wildman–Crippen MR) is 76.1 cm³/mol. The van der Waals surface area contributed by atoms with Gasteiger partial charge in [-0.1, -0.05) is 24.7 Å². The highest BCUT2D eigenvalue weighted by Gasteiger charge is 1.99. The molecular weight excluding hydrogens is 239 g/mol. The number of aromatic amines is 1. The number of aromatic nitrogens is 2. The van der Waals surface area contributed by atoms with Crippen LogP contribution < -0.4 is 0 Å². The summed E-state index contributed by atoms with van der Waals surface area (Å²) in [6.07, 6.45) is 6.83. The minimum Gasteiger partial charge on any atom is -0.333 e. The smallest absolute Gasteiger partial charge is 0.138 e. The molecule has 2 aromatic rings. The van der Waals surface area contributed by atoms with Crippen molar-refractivity contribution in [2.45, 2.75) is 6.92 Å². The zero-order chi connectivity index (χ0) is 13.7. The van der Waals surface area contributed by atoms with Crippen LogP contribution >= 0.6 is 0 Å². The molecule has 2 heterocycles. The lowest BCUT2D eigenvalue weighted by molar-refractivity contribution is 0.663. The van der Waals surface area contributed by atoms with Gasteiger partial charge in [0, 0.05) is 11.6 Å². The molecule has 94 valence electrons. The van der Waals surface area contributed by atoms with Gasteiger partial charge in [-0.3, -0.25) is 0 Å². The Morgan fingerprint density at radius 3 is 3.05 bits per heavy atom. The van der Waals surface area contributed by atoms with Gasteiger partial charge in [0.25, 0.3) is 0 Å². The average molecular weight is 252 g/mol. The number of rotatable bonds is 2. The molecule has 0 aliphatic rings. The molecule has 0 aliphatic carbocycles. The Labute approximate surface area is 111 Å². The van der Waals surface area contributed by atoms with E-state index in [0.717, 1.165) is 11.0 Å². The van der Waals surface area contributed by atoms with Crippen molar-refractivity contribution in [3.05, 3.63) is 66.3 Å². The number of hydrogen-bond donors (Lipinski definition) is 1. The standard InChI is InChI=1S/C16H13FN2/c1-3-4-6-13(12(2)17)8-9-15-11-14-7-5-10-18-16(14)19-15/h3-7,10-11H,2H2,1H3,(H,18,19)/b4-3-,13-6-. The van der Waals surface area contributed by atoms with Crippen molar-refractivity contribution in [1.29, 1.82) is 0 Å². The Balaban J connectivity index is 2.34. The number of fused-ring (bicyclic) bond motifs is 1. The first kappa shape index (κ1) is 12.8. The molecule has 2 aromatic heterocycles. The highest BCUT2D eigenvalue weighted by molar-refractivity contribution is 5.77. The lowest BCUT2D eigenvalue weighted by Crippen LogP contribution is -1.79. The van der Waals surface area contributed by atoms with Crippen molar-refractivity contribution in [1.82, 2.24) is 9.97 Å². The van der Waals surface area contributed by atoms with Gasteiger partial charge in [-0.05, 0) is 37.1 Å². The summed E-state index contributed by atoms with van der Waals surface area (Å²) in [6.45, 7) is 5.12. The van der Waals surface area contributed by atoms with Crippen LogP contribution in [0, 0.1) is 11.8 Å². The van der Waals surface area contributed by atoms with Crippen LogP contribution in [0.3, 0.4) is 0 Å². The highest BCUT2D eigenvalue weighted by Crippen LogP contribution is 2.12. The van der Waals surface area contributed by atoms with E-state index in [9.17, 15) is 4.39 Å². The van der Waals surface area contributed by atoms with Crippen LogP contribution in [0.5, 0.6) is 0 Å². The van der Waals surface area contributed by atoms with Crippen LogP contribution in [0.1, 0.15) is 12.6 Å². The van der Waals surface area contributed by atoms with E-state index in [4.69, 9.17) is 0 Å². The molecule has 0 amide bonds. The molecule has 0 spiro atoms. The van der Waals surface area contributed by atoms with Crippen LogP contribution in [-0.4, -0.2) is 9.97 Å². The second-order valence-corrected chi connectivity index (χ2v) is 3.89. The van der Waals surface area contributed by atoms with E-state index in [1.54, 1.807) is 24.4 Å². The van der Waals surface area contributed by atoms with Gasteiger partial charge in [0.1, 0.15) is 11.5 Å². The van der Waals surface area contributed by atoms with E-state index in [2.05, 4.69) is 28.4 Å². The molecule has 0 unspecified atom stereocenters. The first-order valence-electron chi connectivity index (χ1n) is 5.84. The summed E-state index contributed by atoms with van der Waals surface area (Å²) in [5.74, 6) is 5.09. The van der Waals surface area contributed by atoms with Gasteiger partial charge in [-0.15, -0.1) is 0 Å². The normalized spacial score (nSPS) is 11.6. The molecule has 0 bridgehead atoms. The SMILES string of the molecule is C=C(F)/C(C#Cc1cc2cccnc2[nH]1)=C\C=C/C. The van der Waals surface area contributed by atoms with Crippen molar-refractivity contribution >= 4 is 11.0 Å². The van der Waals surface area contributed by atoms with Gasteiger partial charge in [0.05, 0.1) is 11.3 Å². The highest BCUT2D eigenvalue weighted by atomic mass is 19.1. The van der Waals surface area contributed by atoms with Gasteiger partial charge < -0.3 is 4.98 Å². The Morgan fingerprint density at radius 2 is 2.37 bits per heavy atom. The van der Waals surface area contributed by atoms with Gasteiger partial charge in [-0.25, -0.2) is 9.37 Å². The topological polar surface area (TPSA) is 28.7 Å². The van der Waals surface area contributed by atoms with Gasteiger partial charge in [-0.2, -0.15) is 0 Å². The van der Waals surface area contributed by atoms with Crippen LogP contribution in [0.2, 0.25) is 0 Å². The number of pyridine rings is 1. The molecule has 0 saturated heterocycles. The first-order chi connectivity index (χ1) is 9.20. The third-order valence-electron chi connectivity index (χ3n) is 2.47. The van der Waals surface area contributed by atoms with Crippen LogP contribution in [0.15, 0.2) is 60.6 Å². The molecule has 2 nitrogen and oxygen atoms in total. The Hall–Kier alpha value is -2.60.